The van der Waals surface area contributed by atoms with E-state index < -0.39 is 0 Å². The summed E-state index contributed by atoms with van der Waals surface area (Å²) in [5, 5.41) is 5.57. The van der Waals surface area contributed by atoms with Gasteiger partial charge in [0.05, 0.1) is 5.69 Å². The monoisotopic (exact) mass is 445 g/mol. The molecule has 5 rings (SSSR count). The Bertz CT molecular complexity index is 1190. The Kier molecular flexibility index (Phi) is 6.41. The minimum atomic E-state index is 0.186. The summed E-state index contributed by atoms with van der Waals surface area (Å²) in [4.78, 5) is 20.7. The van der Waals surface area contributed by atoms with E-state index in [1.54, 1.807) is 0 Å². The van der Waals surface area contributed by atoms with Crippen molar-refractivity contribution in [2.24, 2.45) is 0 Å². The van der Waals surface area contributed by atoms with Gasteiger partial charge in [0.1, 0.15) is 13.1 Å². The third-order valence-electron chi connectivity index (χ3n) is 7.56. The molecule has 0 amide bonds. The smallest absolute Gasteiger partial charge is 0.256 e. The topological polar surface area (TPSA) is 64.2 Å². The van der Waals surface area contributed by atoms with Crippen molar-refractivity contribution in [3.05, 3.63) is 56.9 Å². The molecule has 173 valence electrons. The molecule has 2 aromatic heterocycles. The maximum atomic E-state index is 13.3. The molecule has 1 atom stereocenters. The number of hydrogen-bond donors (Lipinski definition) is 0. The molecule has 0 spiro atoms. The summed E-state index contributed by atoms with van der Waals surface area (Å²) in [5.41, 5.74) is 5.20. The Labute approximate surface area is 196 Å². The average molecular weight is 445 g/mol. The van der Waals surface area contributed by atoms with Gasteiger partial charge in [0.2, 0.25) is 0 Å². The Hall–Kier alpha value is -2.41. The van der Waals surface area contributed by atoms with Gasteiger partial charge in [-0.3, -0.25) is 9.36 Å². The van der Waals surface area contributed by atoms with Crippen molar-refractivity contribution in [2.75, 3.05) is 19.6 Å². The second-order valence-corrected chi connectivity index (χ2v) is 9.82. The second kappa shape index (κ2) is 9.45. The molecule has 2 aliphatic rings. The zero-order valence-electron chi connectivity index (χ0n) is 20.1. The molecule has 33 heavy (non-hydrogen) atoms. The predicted octanol–water partition coefficient (Wildman–Crippen LogP) is 4.40. The summed E-state index contributed by atoms with van der Waals surface area (Å²) in [6, 6.07) is 6.34. The number of aryl methyl sites for hydroxylation is 2. The van der Waals surface area contributed by atoms with E-state index in [0.717, 1.165) is 98.3 Å². The standard InChI is InChI=1S/C26H34BN4O2/c1-4-27-22-6-5-12-31-25(22)28-18(3)20(26(31)32)11-15-30-13-9-19(10-14-30)24-21-8-7-17(2)16-23(21)33-29-24/h7-8,16,19,22H,4-6,9-15H2,1-3H3. The number of aromatic nitrogens is 3. The molecule has 1 radical (unpaired) electrons. The van der Waals surface area contributed by atoms with E-state index in [1.807, 2.05) is 11.5 Å². The maximum Gasteiger partial charge on any atom is 0.256 e. The average Bonchev–Trinajstić information content (AvgIpc) is 3.23. The highest BCUT2D eigenvalue weighted by molar-refractivity contribution is 6.37. The zero-order valence-corrected chi connectivity index (χ0v) is 20.1. The summed E-state index contributed by atoms with van der Waals surface area (Å²) < 4.78 is 7.55. The van der Waals surface area contributed by atoms with Crippen LogP contribution in [0.25, 0.3) is 11.0 Å². The van der Waals surface area contributed by atoms with Gasteiger partial charge in [0.15, 0.2) is 5.58 Å². The molecule has 3 aromatic rings. The number of nitrogens with zero attached hydrogens (tertiary/aromatic N) is 4. The van der Waals surface area contributed by atoms with E-state index >= 15 is 0 Å². The Balaban J connectivity index is 1.24. The first kappa shape index (κ1) is 22.4. The lowest BCUT2D eigenvalue weighted by Crippen LogP contribution is -2.38. The van der Waals surface area contributed by atoms with Crippen molar-refractivity contribution in [1.82, 2.24) is 19.6 Å². The number of benzene rings is 1. The Morgan fingerprint density at radius 1 is 1.15 bits per heavy atom. The first-order valence-corrected chi connectivity index (χ1v) is 12.6. The van der Waals surface area contributed by atoms with Crippen molar-refractivity contribution in [2.45, 2.75) is 77.5 Å². The lowest BCUT2D eigenvalue weighted by molar-refractivity contribution is 0.211. The number of fused-ring (bicyclic) bond motifs is 2. The molecule has 0 N–H and O–H groups in total. The van der Waals surface area contributed by atoms with Gasteiger partial charge < -0.3 is 9.42 Å². The van der Waals surface area contributed by atoms with Crippen LogP contribution in [-0.4, -0.2) is 46.5 Å². The largest absolute Gasteiger partial charge is 0.356 e. The van der Waals surface area contributed by atoms with E-state index in [0.29, 0.717) is 11.7 Å². The fraction of sp³-hybridized carbons (Fsp3) is 0.577. The molecule has 1 fully saturated rings. The van der Waals surface area contributed by atoms with Crippen molar-refractivity contribution in [3.63, 3.8) is 0 Å². The summed E-state index contributed by atoms with van der Waals surface area (Å²) in [6.45, 7) is 10.0. The van der Waals surface area contributed by atoms with E-state index in [9.17, 15) is 4.79 Å². The molecular formula is C26H34BN4O2. The number of likely N-dealkylation sites (tertiary alicyclic amines) is 1. The van der Waals surface area contributed by atoms with Gasteiger partial charge >= 0.3 is 0 Å². The molecule has 1 saturated heterocycles. The van der Waals surface area contributed by atoms with Crippen molar-refractivity contribution in [1.29, 1.82) is 0 Å². The third-order valence-corrected chi connectivity index (χ3v) is 7.56. The minimum absolute atomic E-state index is 0.186. The summed E-state index contributed by atoms with van der Waals surface area (Å²) in [6.07, 6.45) is 6.10. The summed E-state index contributed by atoms with van der Waals surface area (Å²) >= 11 is 0. The van der Waals surface area contributed by atoms with Crippen LogP contribution in [0.4, 0.5) is 0 Å². The van der Waals surface area contributed by atoms with Crippen LogP contribution in [0.1, 0.15) is 72.7 Å². The van der Waals surface area contributed by atoms with Crippen molar-refractivity contribution < 1.29 is 4.52 Å². The molecule has 0 bridgehead atoms. The van der Waals surface area contributed by atoms with Crippen molar-refractivity contribution >= 4 is 18.2 Å². The Morgan fingerprint density at radius 2 is 1.97 bits per heavy atom. The van der Waals surface area contributed by atoms with Gasteiger partial charge in [-0.25, -0.2) is 4.98 Å². The SMILES string of the molecule is CC[B]C1CCCn2c1nc(C)c(CCN1CCC(c3noc4cc(C)ccc34)CC1)c2=O. The maximum absolute atomic E-state index is 13.3. The summed E-state index contributed by atoms with van der Waals surface area (Å²) in [5.74, 6) is 1.74. The zero-order chi connectivity index (χ0) is 22.9. The molecule has 6 nitrogen and oxygen atoms in total. The second-order valence-electron chi connectivity index (χ2n) is 9.82. The summed E-state index contributed by atoms with van der Waals surface area (Å²) in [7, 11) is 2.31. The third kappa shape index (κ3) is 4.40. The molecule has 0 aliphatic carbocycles. The van der Waals surface area contributed by atoms with Crippen LogP contribution in [0.15, 0.2) is 27.5 Å². The molecule has 2 aliphatic heterocycles. The molecule has 7 heteroatoms. The molecule has 1 unspecified atom stereocenters. The highest BCUT2D eigenvalue weighted by Crippen LogP contribution is 2.33. The van der Waals surface area contributed by atoms with Crippen molar-refractivity contribution in [3.8, 4) is 0 Å². The van der Waals surface area contributed by atoms with E-state index in [2.05, 4.69) is 49.4 Å². The van der Waals surface area contributed by atoms with Gasteiger partial charge in [-0.05, 0) is 82.6 Å². The molecule has 0 saturated carbocycles. The highest BCUT2D eigenvalue weighted by Gasteiger charge is 2.27. The number of rotatable bonds is 6. The predicted molar refractivity (Wildman–Crippen MR) is 132 cm³/mol. The Morgan fingerprint density at radius 3 is 2.76 bits per heavy atom. The van der Waals surface area contributed by atoms with Gasteiger partial charge in [0, 0.05) is 35.7 Å². The quantitative estimate of drug-likeness (QED) is 0.527. The normalized spacial score (nSPS) is 19.7. The van der Waals surface area contributed by atoms with Crippen LogP contribution < -0.4 is 5.56 Å². The fourth-order valence-electron chi connectivity index (χ4n) is 5.67. The lowest BCUT2D eigenvalue weighted by Gasteiger charge is -2.31. The van der Waals surface area contributed by atoms with E-state index in [-0.39, 0.29) is 5.56 Å². The van der Waals surface area contributed by atoms with Gasteiger partial charge in [-0.15, -0.1) is 0 Å². The van der Waals surface area contributed by atoms with Gasteiger partial charge in [-0.2, -0.15) is 0 Å². The van der Waals surface area contributed by atoms with Gasteiger partial charge in [-0.1, -0.05) is 24.5 Å². The number of hydrogen-bond acceptors (Lipinski definition) is 5. The van der Waals surface area contributed by atoms with Crippen LogP contribution in [-0.2, 0) is 13.0 Å². The van der Waals surface area contributed by atoms with Crippen LogP contribution >= 0.6 is 0 Å². The number of piperidine rings is 1. The molecule has 4 heterocycles. The van der Waals surface area contributed by atoms with Gasteiger partial charge in [0.25, 0.3) is 5.56 Å². The van der Waals surface area contributed by atoms with Crippen LogP contribution in [0.2, 0.25) is 6.32 Å². The first-order chi connectivity index (χ1) is 16.0. The van der Waals surface area contributed by atoms with Crippen LogP contribution in [0.3, 0.4) is 0 Å². The molecule has 1 aromatic carbocycles. The van der Waals surface area contributed by atoms with Crippen LogP contribution in [0.5, 0.6) is 0 Å². The minimum Gasteiger partial charge on any atom is -0.356 e. The molecular weight excluding hydrogens is 411 g/mol. The van der Waals surface area contributed by atoms with Crippen LogP contribution in [0, 0.1) is 13.8 Å². The lowest BCUT2D eigenvalue weighted by atomic mass is 9.59. The fourth-order valence-corrected chi connectivity index (χ4v) is 5.67. The van der Waals surface area contributed by atoms with E-state index in [4.69, 9.17) is 9.51 Å². The van der Waals surface area contributed by atoms with E-state index in [1.165, 1.54) is 5.56 Å². The highest BCUT2D eigenvalue weighted by atomic mass is 16.5. The first-order valence-electron chi connectivity index (χ1n) is 12.6.